The number of likely N-dealkylation sites (N-methyl/N-ethyl adjacent to an activating group) is 1. The van der Waals surface area contributed by atoms with Gasteiger partial charge < -0.3 is 19.7 Å². The molecule has 2 atom stereocenters. The maximum absolute atomic E-state index is 13.3. The lowest BCUT2D eigenvalue weighted by Crippen LogP contribution is -2.54. The summed E-state index contributed by atoms with van der Waals surface area (Å²) in [7, 11) is 2.88. The molecular weight excluding hydrogens is 444 g/mol. The van der Waals surface area contributed by atoms with Crippen LogP contribution in [0.15, 0.2) is 48.5 Å². The summed E-state index contributed by atoms with van der Waals surface area (Å²) in [4.78, 5) is 39.8. The Morgan fingerprint density at radius 3 is 1.97 bits per heavy atom. The van der Waals surface area contributed by atoms with Gasteiger partial charge in [0.15, 0.2) is 0 Å². The molecular formula is C28H36N2O5. The van der Waals surface area contributed by atoms with Crippen LogP contribution in [0.5, 0.6) is 0 Å². The lowest BCUT2D eigenvalue weighted by atomic mass is 9.98. The monoisotopic (exact) mass is 480 g/mol. The zero-order valence-electron chi connectivity index (χ0n) is 21.4. The van der Waals surface area contributed by atoms with Crippen LogP contribution in [0.3, 0.4) is 0 Å². The van der Waals surface area contributed by atoms with Crippen LogP contribution in [-0.4, -0.2) is 55.7 Å². The number of nitrogens with zero attached hydrogens (tertiary/aromatic N) is 1. The highest BCUT2D eigenvalue weighted by atomic mass is 16.5. The Kier molecular flexibility index (Phi) is 8.54. The molecule has 0 saturated carbocycles. The average molecular weight is 481 g/mol. The summed E-state index contributed by atoms with van der Waals surface area (Å²) in [6, 6.07) is 14.7. The van der Waals surface area contributed by atoms with Crippen LogP contribution in [0.2, 0.25) is 0 Å². The molecule has 2 amide bonds. The zero-order valence-corrected chi connectivity index (χ0v) is 21.4. The van der Waals surface area contributed by atoms with E-state index in [4.69, 9.17) is 9.47 Å². The molecule has 1 N–H and O–H groups in total. The number of alkyl carbamates (subject to hydrolysis) is 1. The van der Waals surface area contributed by atoms with Crippen molar-refractivity contribution in [2.24, 2.45) is 11.8 Å². The third-order valence-electron chi connectivity index (χ3n) is 6.53. The summed E-state index contributed by atoms with van der Waals surface area (Å²) in [6.07, 6.45) is -0.198. The molecule has 0 aromatic heterocycles. The van der Waals surface area contributed by atoms with Crippen LogP contribution in [-0.2, 0) is 19.1 Å². The van der Waals surface area contributed by atoms with E-state index in [-0.39, 0.29) is 30.3 Å². The number of rotatable bonds is 9. The first-order valence-electron chi connectivity index (χ1n) is 12.1. The van der Waals surface area contributed by atoms with Crippen molar-refractivity contribution < 1.29 is 23.9 Å². The van der Waals surface area contributed by atoms with Crippen molar-refractivity contribution in [2.75, 3.05) is 20.8 Å². The minimum absolute atomic E-state index is 0.0706. The number of hydrogen-bond acceptors (Lipinski definition) is 5. The van der Waals surface area contributed by atoms with Crippen molar-refractivity contribution in [3.8, 4) is 11.1 Å². The lowest BCUT2D eigenvalue weighted by Gasteiger charge is -2.32. The van der Waals surface area contributed by atoms with Crippen molar-refractivity contribution in [3.05, 3.63) is 59.7 Å². The fourth-order valence-electron chi connectivity index (χ4n) is 4.65. The van der Waals surface area contributed by atoms with Gasteiger partial charge in [-0.2, -0.15) is 0 Å². The second kappa shape index (κ2) is 11.4. The number of carbonyl (C=O) groups excluding carboxylic acids is 3. The van der Waals surface area contributed by atoms with Crippen LogP contribution >= 0.6 is 0 Å². The van der Waals surface area contributed by atoms with Crippen LogP contribution in [0, 0.1) is 11.8 Å². The topological polar surface area (TPSA) is 84.9 Å². The maximum atomic E-state index is 13.3. The number of carbonyl (C=O) groups is 3. The van der Waals surface area contributed by atoms with Gasteiger partial charge in [0.05, 0.1) is 7.11 Å². The number of amides is 2. The second-order valence-corrected chi connectivity index (χ2v) is 9.81. The van der Waals surface area contributed by atoms with E-state index >= 15 is 0 Å². The number of benzene rings is 2. The molecule has 1 aliphatic carbocycles. The van der Waals surface area contributed by atoms with Gasteiger partial charge >= 0.3 is 12.1 Å². The summed E-state index contributed by atoms with van der Waals surface area (Å²) >= 11 is 0. The van der Waals surface area contributed by atoms with E-state index in [1.54, 1.807) is 7.05 Å². The van der Waals surface area contributed by atoms with Crippen molar-refractivity contribution in [2.45, 2.75) is 52.1 Å². The van der Waals surface area contributed by atoms with Crippen molar-refractivity contribution in [3.63, 3.8) is 0 Å². The number of esters is 1. The zero-order chi connectivity index (χ0) is 25.7. The Bertz CT molecular complexity index is 1020. The lowest BCUT2D eigenvalue weighted by molar-refractivity contribution is -0.153. The van der Waals surface area contributed by atoms with Gasteiger partial charge in [0, 0.05) is 13.0 Å². The van der Waals surface area contributed by atoms with E-state index in [9.17, 15) is 14.4 Å². The molecule has 0 radical (unpaired) electrons. The maximum Gasteiger partial charge on any atom is 0.407 e. The molecule has 0 heterocycles. The molecule has 2 aromatic carbocycles. The predicted octanol–water partition coefficient (Wildman–Crippen LogP) is 4.60. The van der Waals surface area contributed by atoms with E-state index < -0.39 is 24.1 Å². The van der Waals surface area contributed by atoms with E-state index in [2.05, 4.69) is 29.6 Å². The molecule has 0 saturated heterocycles. The molecule has 188 valence electrons. The molecule has 7 nitrogen and oxygen atoms in total. The molecule has 0 aliphatic heterocycles. The van der Waals surface area contributed by atoms with Crippen molar-refractivity contribution in [1.82, 2.24) is 10.2 Å². The second-order valence-electron chi connectivity index (χ2n) is 9.81. The molecule has 2 aromatic rings. The number of ether oxygens (including phenoxy) is 2. The first kappa shape index (κ1) is 26.3. The van der Waals surface area contributed by atoms with E-state index in [1.165, 1.54) is 12.0 Å². The van der Waals surface area contributed by atoms with E-state index in [0.717, 1.165) is 22.3 Å². The van der Waals surface area contributed by atoms with E-state index in [0.29, 0.717) is 6.42 Å². The Morgan fingerprint density at radius 1 is 0.943 bits per heavy atom. The van der Waals surface area contributed by atoms with Gasteiger partial charge in [-0.15, -0.1) is 0 Å². The fourth-order valence-corrected chi connectivity index (χ4v) is 4.65. The first-order chi connectivity index (χ1) is 16.6. The number of hydrogen-bond donors (Lipinski definition) is 1. The molecule has 1 aliphatic rings. The molecule has 0 bridgehead atoms. The largest absolute Gasteiger partial charge is 0.467 e. The highest BCUT2D eigenvalue weighted by Crippen LogP contribution is 2.44. The number of fused-ring (bicyclic) bond motifs is 3. The first-order valence-corrected chi connectivity index (χ1v) is 12.1. The minimum atomic E-state index is -0.838. The summed E-state index contributed by atoms with van der Waals surface area (Å²) in [5.74, 6) is -0.925. The van der Waals surface area contributed by atoms with Crippen LogP contribution < -0.4 is 5.32 Å². The van der Waals surface area contributed by atoms with Gasteiger partial charge in [-0.3, -0.25) is 4.79 Å². The number of nitrogens with one attached hydrogen (secondary N) is 1. The normalized spacial score (nSPS) is 14.2. The van der Waals surface area contributed by atoms with Gasteiger partial charge in [0.1, 0.15) is 18.7 Å². The third kappa shape index (κ3) is 5.84. The van der Waals surface area contributed by atoms with Crippen LogP contribution in [0.25, 0.3) is 11.1 Å². The molecule has 0 fully saturated rings. The van der Waals surface area contributed by atoms with Crippen LogP contribution in [0.4, 0.5) is 4.79 Å². The Labute approximate surface area is 207 Å². The summed E-state index contributed by atoms with van der Waals surface area (Å²) in [5, 5.41) is 2.73. The molecule has 7 heteroatoms. The molecule has 0 unspecified atom stereocenters. The van der Waals surface area contributed by atoms with Crippen molar-refractivity contribution >= 4 is 18.0 Å². The predicted molar refractivity (Wildman–Crippen MR) is 135 cm³/mol. The van der Waals surface area contributed by atoms with Gasteiger partial charge in [-0.25, -0.2) is 9.59 Å². The average Bonchev–Trinajstić information content (AvgIpc) is 3.16. The smallest absolute Gasteiger partial charge is 0.407 e. The fraction of sp³-hybridized carbons (Fsp3) is 0.464. The third-order valence-corrected chi connectivity index (χ3v) is 6.53. The summed E-state index contributed by atoms with van der Waals surface area (Å²) in [5.41, 5.74) is 4.53. The molecule has 3 rings (SSSR count). The van der Waals surface area contributed by atoms with Crippen molar-refractivity contribution in [1.29, 1.82) is 0 Å². The Hall–Kier alpha value is -3.35. The Morgan fingerprint density at radius 2 is 1.49 bits per heavy atom. The van der Waals surface area contributed by atoms with E-state index in [1.807, 2.05) is 52.0 Å². The highest BCUT2D eigenvalue weighted by molar-refractivity contribution is 5.89. The quantitative estimate of drug-likeness (QED) is 0.531. The molecule has 35 heavy (non-hydrogen) atoms. The summed E-state index contributed by atoms with van der Waals surface area (Å²) < 4.78 is 10.5. The highest BCUT2D eigenvalue weighted by Gasteiger charge is 2.35. The SMILES string of the molecule is COC(=O)[C@H](CC(C)C)N(C)C(=O)[C@@H](NC(=O)OCC1c2ccccc2-c2ccccc21)C(C)C. The standard InChI is InChI=1S/C28H36N2O5/c1-17(2)15-24(27(32)34-6)30(5)26(31)25(18(3)4)29-28(33)35-16-23-21-13-9-7-11-19(21)20-12-8-10-14-22(20)23/h7-14,17-18,23-25H,15-16H2,1-6H3,(H,29,33)/t24-,25-/m0/s1. The number of methoxy groups -OCH3 is 1. The Balaban J connectivity index is 1.70. The van der Waals surface area contributed by atoms with Gasteiger partial charge in [0.2, 0.25) is 5.91 Å². The van der Waals surface area contributed by atoms with Gasteiger partial charge in [-0.1, -0.05) is 76.2 Å². The molecule has 0 spiro atoms. The minimum Gasteiger partial charge on any atom is -0.467 e. The van der Waals surface area contributed by atoms with Gasteiger partial charge in [0.25, 0.3) is 0 Å². The van der Waals surface area contributed by atoms with Crippen LogP contribution in [0.1, 0.15) is 51.2 Å². The summed E-state index contributed by atoms with van der Waals surface area (Å²) in [6.45, 7) is 7.80. The van der Waals surface area contributed by atoms with Gasteiger partial charge in [-0.05, 0) is 40.5 Å².